The maximum Gasteiger partial charge on any atom is 0.310 e. The quantitative estimate of drug-likeness (QED) is 0.591. The first-order valence-electron chi connectivity index (χ1n) is 10.0. The Balaban J connectivity index is 1.68. The number of esters is 1. The van der Waals surface area contributed by atoms with Crippen molar-refractivity contribution in [1.29, 1.82) is 0 Å². The summed E-state index contributed by atoms with van der Waals surface area (Å²) in [5, 5.41) is 2.36. The molecule has 3 aromatic carbocycles. The van der Waals surface area contributed by atoms with E-state index in [0.29, 0.717) is 6.61 Å². The predicted molar refractivity (Wildman–Crippen MR) is 114 cm³/mol. The molecule has 146 valence electrons. The molecular formula is C25H23NO3. The molecule has 0 radical (unpaired) electrons. The van der Waals surface area contributed by atoms with E-state index in [4.69, 9.17) is 14.5 Å². The van der Waals surface area contributed by atoms with Gasteiger partial charge in [-0.3, -0.25) is 9.79 Å². The SMILES string of the molecule is CCOC(=O)C1C2C(c3ccc4ccccc4c3)=Nc3ccc(OC)cc3C12C. The Labute approximate surface area is 170 Å². The van der Waals surface area contributed by atoms with Crippen LogP contribution in [0.2, 0.25) is 0 Å². The van der Waals surface area contributed by atoms with Crippen molar-refractivity contribution < 1.29 is 14.3 Å². The summed E-state index contributed by atoms with van der Waals surface area (Å²) in [4.78, 5) is 17.8. The number of nitrogens with zero attached hydrogens (tertiary/aromatic N) is 1. The van der Waals surface area contributed by atoms with Crippen LogP contribution in [-0.2, 0) is 14.9 Å². The number of carbonyl (C=O) groups is 1. The minimum atomic E-state index is -0.334. The maximum atomic E-state index is 12.8. The average Bonchev–Trinajstić information content (AvgIpc) is 3.40. The van der Waals surface area contributed by atoms with Crippen molar-refractivity contribution in [3.05, 3.63) is 71.8 Å². The zero-order valence-corrected chi connectivity index (χ0v) is 16.8. The molecule has 1 aliphatic carbocycles. The second-order valence-corrected chi connectivity index (χ2v) is 7.93. The van der Waals surface area contributed by atoms with E-state index < -0.39 is 0 Å². The summed E-state index contributed by atoms with van der Waals surface area (Å²) in [6.45, 7) is 4.38. The highest BCUT2D eigenvalue weighted by Gasteiger charge is 2.70. The smallest absolute Gasteiger partial charge is 0.310 e. The molecule has 0 saturated heterocycles. The summed E-state index contributed by atoms with van der Waals surface area (Å²) in [5.74, 6) is 0.398. The van der Waals surface area contributed by atoms with Gasteiger partial charge in [-0.1, -0.05) is 43.3 Å². The van der Waals surface area contributed by atoms with Crippen molar-refractivity contribution in [2.24, 2.45) is 16.8 Å². The predicted octanol–water partition coefficient (Wildman–Crippen LogP) is 5.05. The number of rotatable bonds is 4. The second kappa shape index (κ2) is 6.45. The number of carbonyl (C=O) groups excluding carboxylic acids is 1. The molecular weight excluding hydrogens is 362 g/mol. The van der Waals surface area contributed by atoms with Gasteiger partial charge >= 0.3 is 5.97 Å². The molecule has 3 aromatic rings. The average molecular weight is 385 g/mol. The molecule has 0 amide bonds. The van der Waals surface area contributed by atoms with Crippen molar-refractivity contribution in [3.8, 4) is 5.75 Å². The van der Waals surface area contributed by atoms with Crippen LogP contribution < -0.4 is 4.74 Å². The lowest BCUT2D eigenvalue weighted by molar-refractivity contribution is -0.145. The van der Waals surface area contributed by atoms with Gasteiger partial charge in [0.05, 0.1) is 31.0 Å². The Morgan fingerprint density at radius 1 is 1.07 bits per heavy atom. The molecule has 0 spiro atoms. The van der Waals surface area contributed by atoms with Gasteiger partial charge in [0.15, 0.2) is 0 Å². The largest absolute Gasteiger partial charge is 0.497 e. The lowest BCUT2D eigenvalue weighted by Gasteiger charge is -2.22. The maximum absolute atomic E-state index is 12.8. The molecule has 3 atom stereocenters. The van der Waals surface area contributed by atoms with Crippen LogP contribution in [0.1, 0.15) is 25.0 Å². The summed E-state index contributed by atoms with van der Waals surface area (Å²) < 4.78 is 10.9. The Hall–Kier alpha value is -3.14. The number of hydrogen-bond donors (Lipinski definition) is 0. The van der Waals surface area contributed by atoms with Crippen molar-refractivity contribution >= 4 is 28.1 Å². The summed E-state index contributed by atoms with van der Waals surface area (Å²) >= 11 is 0. The summed E-state index contributed by atoms with van der Waals surface area (Å²) in [7, 11) is 1.66. The highest BCUT2D eigenvalue weighted by Crippen LogP contribution is 2.66. The van der Waals surface area contributed by atoms with Crippen LogP contribution in [-0.4, -0.2) is 25.4 Å². The minimum Gasteiger partial charge on any atom is -0.497 e. The van der Waals surface area contributed by atoms with Crippen LogP contribution in [0.3, 0.4) is 0 Å². The van der Waals surface area contributed by atoms with Crippen molar-refractivity contribution in [1.82, 2.24) is 0 Å². The first-order chi connectivity index (χ1) is 14.1. The van der Waals surface area contributed by atoms with Gasteiger partial charge in [-0.25, -0.2) is 0 Å². The molecule has 0 aromatic heterocycles. The third-order valence-corrected chi connectivity index (χ3v) is 6.42. The Morgan fingerprint density at radius 3 is 2.62 bits per heavy atom. The third kappa shape index (κ3) is 2.59. The molecule has 4 heteroatoms. The van der Waals surface area contributed by atoms with Crippen LogP contribution in [0.25, 0.3) is 10.8 Å². The molecule has 1 heterocycles. The molecule has 4 nitrogen and oxygen atoms in total. The van der Waals surface area contributed by atoms with Gasteiger partial charge in [0.2, 0.25) is 0 Å². The van der Waals surface area contributed by atoms with Gasteiger partial charge in [0, 0.05) is 11.3 Å². The topological polar surface area (TPSA) is 47.9 Å². The lowest BCUT2D eigenvalue weighted by Crippen LogP contribution is -2.18. The normalized spacial score (nSPS) is 24.3. The van der Waals surface area contributed by atoms with Crippen LogP contribution >= 0.6 is 0 Å². The molecule has 0 bridgehead atoms. The van der Waals surface area contributed by atoms with Gasteiger partial charge in [-0.15, -0.1) is 0 Å². The van der Waals surface area contributed by atoms with Gasteiger partial charge in [0.25, 0.3) is 0 Å². The monoisotopic (exact) mass is 385 g/mol. The molecule has 1 saturated carbocycles. The number of hydrogen-bond acceptors (Lipinski definition) is 4. The Kier molecular flexibility index (Phi) is 3.98. The van der Waals surface area contributed by atoms with Gasteiger partial charge < -0.3 is 9.47 Å². The van der Waals surface area contributed by atoms with Gasteiger partial charge in [-0.05, 0) is 53.1 Å². The van der Waals surface area contributed by atoms with Crippen LogP contribution in [0.4, 0.5) is 5.69 Å². The molecule has 29 heavy (non-hydrogen) atoms. The first-order valence-corrected chi connectivity index (χ1v) is 10.0. The summed E-state index contributed by atoms with van der Waals surface area (Å²) in [6.07, 6.45) is 0. The highest BCUT2D eigenvalue weighted by atomic mass is 16.5. The van der Waals surface area contributed by atoms with Crippen molar-refractivity contribution in [2.45, 2.75) is 19.3 Å². The minimum absolute atomic E-state index is 0.00215. The number of methoxy groups -OCH3 is 1. The van der Waals surface area contributed by atoms with Crippen LogP contribution in [0, 0.1) is 11.8 Å². The number of fused-ring (bicyclic) bond motifs is 4. The molecule has 2 aliphatic rings. The number of benzene rings is 3. The summed E-state index contributed by atoms with van der Waals surface area (Å²) in [6, 6.07) is 20.6. The van der Waals surface area contributed by atoms with Gasteiger partial charge in [-0.2, -0.15) is 0 Å². The third-order valence-electron chi connectivity index (χ3n) is 6.42. The molecule has 1 fully saturated rings. The Morgan fingerprint density at radius 2 is 1.86 bits per heavy atom. The molecule has 5 rings (SSSR count). The fraction of sp³-hybridized carbons (Fsp3) is 0.280. The number of ether oxygens (including phenoxy) is 2. The zero-order chi connectivity index (χ0) is 20.2. The fourth-order valence-electron chi connectivity index (χ4n) is 4.87. The van der Waals surface area contributed by atoms with E-state index in [0.717, 1.165) is 28.3 Å². The van der Waals surface area contributed by atoms with Crippen molar-refractivity contribution in [3.63, 3.8) is 0 Å². The zero-order valence-electron chi connectivity index (χ0n) is 16.8. The van der Waals surface area contributed by atoms with E-state index in [1.165, 1.54) is 10.8 Å². The molecule has 3 unspecified atom stereocenters. The van der Waals surface area contributed by atoms with Crippen LogP contribution in [0.15, 0.2) is 65.7 Å². The van der Waals surface area contributed by atoms with Crippen molar-refractivity contribution in [2.75, 3.05) is 13.7 Å². The lowest BCUT2D eigenvalue weighted by atomic mass is 9.87. The van der Waals surface area contributed by atoms with E-state index in [1.807, 2.05) is 37.3 Å². The molecule has 1 aliphatic heterocycles. The second-order valence-electron chi connectivity index (χ2n) is 7.93. The van der Waals surface area contributed by atoms with E-state index in [1.54, 1.807) is 7.11 Å². The van der Waals surface area contributed by atoms with E-state index in [2.05, 4.69) is 37.3 Å². The summed E-state index contributed by atoms with van der Waals surface area (Å²) in [5.41, 5.74) is 3.66. The van der Waals surface area contributed by atoms with E-state index >= 15 is 0 Å². The van der Waals surface area contributed by atoms with E-state index in [9.17, 15) is 4.79 Å². The molecule has 0 N–H and O–H groups in total. The van der Waals surface area contributed by atoms with Crippen LogP contribution in [0.5, 0.6) is 5.75 Å². The standard InChI is InChI=1S/C25H23NO3/c1-4-29-24(27)22-21-23(17-10-9-15-7-5-6-8-16(15)13-17)26-20-12-11-18(28-3)14-19(20)25(21,22)2/h5-14,21-22H,4H2,1-3H3. The fourth-order valence-corrected chi connectivity index (χ4v) is 4.87. The van der Waals surface area contributed by atoms with Gasteiger partial charge in [0.1, 0.15) is 5.75 Å². The first kappa shape index (κ1) is 17.9. The highest BCUT2D eigenvalue weighted by molar-refractivity contribution is 6.13. The Bertz CT molecular complexity index is 1170. The van der Waals surface area contributed by atoms with E-state index in [-0.39, 0.29) is 23.2 Å². The number of aliphatic imine (C=N–C) groups is 1.